The number of rotatable bonds is 5. The molecule has 0 aromatic rings. The smallest absolute Gasteiger partial charge is 0.211 e. The second-order valence-corrected chi connectivity index (χ2v) is 2.49. The molecule has 0 aromatic carbocycles. The third kappa shape index (κ3) is 4.28. The molecule has 58 valence electrons. The quantitative estimate of drug-likeness (QED) is 0.426. The van der Waals surface area contributed by atoms with Gasteiger partial charge in [-0.1, -0.05) is 26.7 Å². The standard InChI is InChI=1S/C8H15NO/c1-3-5-8(4-2)6-9-7-10/h8H,3-6H2,1-2H3. The molecule has 1 unspecified atom stereocenters. The summed E-state index contributed by atoms with van der Waals surface area (Å²) in [4.78, 5) is 13.3. The van der Waals surface area contributed by atoms with Gasteiger partial charge in [-0.2, -0.15) is 0 Å². The van der Waals surface area contributed by atoms with Crippen molar-refractivity contribution in [2.75, 3.05) is 6.54 Å². The van der Waals surface area contributed by atoms with Crippen molar-refractivity contribution in [3.8, 4) is 0 Å². The Morgan fingerprint density at radius 2 is 2.20 bits per heavy atom. The van der Waals surface area contributed by atoms with Gasteiger partial charge in [-0.15, -0.1) is 0 Å². The Morgan fingerprint density at radius 3 is 2.60 bits per heavy atom. The monoisotopic (exact) mass is 141 g/mol. The highest BCUT2D eigenvalue weighted by Crippen LogP contribution is 2.09. The lowest BCUT2D eigenvalue weighted by molar-refractivity contribution is 0.473. The summed E-state index contributed by atoms with van der Waals surface area (Å²) in [7, 11) is 0. The van der Waals surface area contributed by atoms with E-state index in [4.69, 9.17) is 0 Å². The van der Waals surface area contributed by atoms with E-state index in [1.54, 1.807) is 6.08 Å². The molecule has 0 aromatic heterocycles. The second-order valence-electron chi connectivity index (χ2n) is 2.49. The third-order valence-corrected chi connectivity index (χ3v) is 1.69. The van der Waals surface area contributed by atoms with Gasteiger partial charge >= 0.3 is 0 Å². The van der Waals surface area contributed by atoms with Crippen LogP contribution >= 0.6 is 0 Å². The SMILES string of the molecule is CCCC(CC)CN=C=O. The van der Waals surface area contributed by atoms with Gasteiger partial charge in [0.15, 0.2) is 0 Å². The van der Waals surface area contributed by atoms with Crippen molar-refractivity contribution in [2.24, 2.45) is 10.9 Å². The third-order valence-electron chi connectivity index (χ3n) is 1.69. The molecule has 0 bridgehead atoms. The number of nitrogens with zero attached hydrogens (tertiary/aromatic N) is 1. The van der Waals surface area contributed by atoms with Crippen LogP contribution in [-0.2, 0) is 4.79 Å². The lowest BCUT2D eigenvalue weighted by atomic mass is 10.0. The minimum absolute atomic E-state index is 0.589. The van der Waals surface area contributed by atoms with Gasteiger partial charge in [0.2, 0.25) is 6.08 Å². The zero-order valence-corrected chi connectivity index (χ0v) is 6.76. The molecular formula is C8H15NO. The Labute approximate surface area is 62.4 Å². The minimum Gasteiger partial charge on any atom is -0.211 e. The predicted molar refractivity (Wildman–Crippen MR) is 41.7 cm³/mol. The molecule has 1 atom stereocenters. The Bertz CT molecular complexity index is 116. The highest BCUT2D eigenvalue weighted by atomic mass is 16.1. The zero-order valence-electron chi connectivity index (χ0n) is 6.76. The highest BCUT2D eigenvalue weighted by molar-refractivity contribution is 5.32. The first kappa shape index (κ1) is 9.38. The molecule has 0 saturated heterocycles. The Kier molecular flexibility index (Phi) is 6.10. The van der Waals surface area contributed by atoms with Crippen molar-refractivity contribution in [1.82, 2.24) is 0 Å². The van der Waals surface area contributed by atoms with Crippen LogP contribution in [0.15, 0.2) is 4.99 Å². The van der Waals surface area contributed by atoms with E-state index in [1.165, 1.54) is 12.8 Å². The zero-order chi connectivity index (χ0) is 7.82. The number of isocyanates is 1. The van der Waals surface area contributed by atoms with Gasteiger partial charge in [-0.25, -0.2) is 9.79 Å². The molecule has 0 N–H and O–H groups in total. The van der Waals surface area contributed by atoms with Crippen LogP contribution in [0.3, 0.4) is 0 Å². The first-order valence-electron chi connectivity index (χ1n) is 3.88. The fourth-order valence-corrected chi connectivity index (χ4v) is 0.999. The fraction of sp³-hybridized carbons (Fsp3) is 0.875. The molecule has 0 radical (unpaired) electrons. The van der Waals surface area contributed by atoms with Gasteiger partial charge in [0.25, 0.3) is 0 Å². The van der Waals surface area contributed by atoms with Gasteiger partial charge in [0.05, 0.1) is 6.54 Å². The summed E-state index contributed by atoms with van der Waals surface area (Å²) in [5, 5.41) is 0. The van der Waals surface area contributed by atoms with E-state index in [2.05, 4.69) is 18.8 Å². The van der Waals surface area contributed by atoms with Crippen LogP contribution in [0.2, 0.25) is 0 Å². The number of aliphatic imine (C=N–C) groups is 1. The van der Waals surface area contributed by atoms with Crippen molar-refractivity contribution in [3.05, 3.63) is 0 Å². The molecule has 0 amide bonds. The van der Waals surface area contributed by atoms with E-state index in [0.29, 0.717) is 12.5 Å². The fourth-order valence-electron chi connectivity index (χ4n) is 0.999. The van der Waals surface area contributed by atoms with E-state index in [1.807, 2.05) is 0 Å². The number of carbonyl (C=O) groups excluding carboxylic acids is 1. The minimum atomic E-state index is 0.589. The summed E-state index contributed by atoms with van der Waals surface area (Å²) in [5.41, 5.74) is 0. The average Bonchev–Trinajstić information content (AvgIpc) is 1.98. The van der Waals surface area contributed by atoms with Crippen LogP contribution in [0.5, 0.6) is 0 Å². The van der Waals surface area contributed by atoms with E-state index < -0.39 is 0 Å². The van der Waals surface area contributed by atoms with Crippen molar-refractivity contribution in [1.29, 1.82) is 0 Å². The summed E-state index contributed by atoms with van der Waals surface area (Å²) >= 11 is 0. The van der Waals surface area contributed by atoms with Gasteiger partial charge in [-0.05, 0) is 12.3 Å². The summed E-state index contributed by atoms with van der Waals surface area (Å²) in [6.45, 7) is 4.93. The summed E-state index contributed by atoms with van der Waals surface area (Å²) in [5.74, 6) is 0.589. The predicted octanol–water partition coefficient (Wildman–Crippen LogP) is 2.15. The van der Waals surface area contributed by atoms with Crippen molar-refractivity contribution in [2.45, 2.75) is 33.1 Å². The van der Waals surface area contributed by atoms with Gasteiger partial charge in [0, 0.05) is 0 Å². The maximum absolute atomic E-state index is 9.74. The Balaban J connectivity index is 3.48. The first-order valence-corrected chi connectivity index (χ1v) is 3.88. The van der Waals surface area contributed by atoms with Gasteiger partial charge < -0.3 is 0 Å². The molecule has 0 aliphatic carbocycles. The normalized spacial score (nSPS) is 12.2. The van der Waals surface area contributed by atoms with Gasteiger partial charge in [-0.3, -0.25) is 0 Å². The Morgan fingerprint density at radius 1 is 1.50 bits per heavy atom. The first-order chi connectivity index (χ1) is 4.85. The van der Waals surface area contributed by atoms with Crippen molar-refractivity contribution >= 4 is 6.08 Å². The highest BCUT2D eigenvalue weighted by Gasteiger charge is 2.02. The van der Waals surface area contributed by atoms with Crippen LogP contribution in [0, 0.1) is 5.92 Å². The molecule has 0 aliphatic heterocycles. The van der Waals surface area contributed by atoms with Crippen molar-refractivity contribution in [3.63, 3.8) is 0 Å². The average molecular weight is 141 g/mol. The largest absolute Gasteiger partial charge is 0.234 e. The topological polar surface area (TPSA) is 29.4 Å². The van der Waals surface area contributed by atoms with Gasteiger partial charge in [0.1, 0.15) is 0 Å². The molecule has 2 nitrogen and oxygen atoms in total. The molecule has 10 heavy (non-hydrogen) atoms. The van der Waals surface area contributed by atoms with Crippen molar-refractivity contribution < 1.29 is 4.79 Å². The number of hydrogen-bond donors (Lipinski definition) is 0. The maximum Gasteiger partial charge on any atom is 0.234 e. The molecule has 0 aliphatic rings. The molecule has 0 heterocycles. The molecule has 0 rings (SSSR count). The molecule has 0 spiro atoms. The van der Waals surface area contributed by atoms with Crippen LogP contribution in [0.1, 0.15) is 33.1 Å². The molecular weight excluding hydrogens is 126 g/mol. The van der Waals surface area contributed by atoms with E-state index in [9.17, 15) is 4.79 Å². The lowest BCUT2D eigenvalue weighted by Crippen LogP contribution is -2.01. The van der Waals surface area contributed by atoms with E-state index in [0.717, 1.165) is 6.42 Å². The summed E-state index contributed by atoms with van der Waals surface area (Å²) in [6.07, 6.45) is 5.02. The second kappa shape index (κ2) is 6.50. The maximum atomic E-state index is 9.74. The Hall–Kier alpha value is -0.620. The van der Waals surface area contributed by atoms with Crippen LogP contribution in [0.25, 0.3) is 0 Å². The summed E-state index contributed by atoms with van der Waals surface area (Å²) < 4.78 is 0. The molecule has 0 saturated carbocycles. The molecule has 2 heteroatoms. The van der Waals surface area contributed by atoms with E-state index >= 15 is 0 Å². The number of hydrogen-bond acceptors (Lipinski definition) is 2. The molecule has 0 fully saturated rings. The summed E-state index contributed by atoms with van der Waals surface area (Å²) in [6, 6.07) is 0. The van der Waals surface area contributed by atoms with Crippen LogP contribution in [-0.4, -0.2) is 12.6 Å². The van der Waals surface area contributed by atoms with E-state index in [-0.39, 0.29) is 0 Å². The van der Waals surface area contributed by atoms with Crippen LogP contribution < -0.4 is 0 Å². The van der Waals surface area contributed by atoms with Crippen LogP contribution in [0.4, 0.5) is 0 Å². The lowest BCUT2D eigenvalue weighted by Gasteiger charge is -2.07.